The van der Waals surface area contributed by atoms with Crippen molar-refractivity contribution in [1.82, 2.24) is 9.13 Å². The number of nitrogens with zero attached hydrogens (tertiary/aromatic N) is 2. The lowest BCUT2D eigenvalue weighted by atomic mass is 10.0. The number of hydrogen-bond acceptors (Lipinski definition) is 1. The molecule has 0 unspecified atom stereocenters. The van der Waals surface area contributed by atoms with E-state index in [1.165, 1.54) is 80.6 Å². The highest BCUT2D eigenvalue weighted by molar-refractivity contribution is 7.26. The van der Waals surface area contributed by atoms with Gasteiger partial charge in [0, 0.05) is 53.0 Å². The van der Waals surface area contributed by atoms with Gasteiger partial charge in [-0.3, -0.25) is 0 Å². The van der Waals surface area contributed by atoms with Crippen molar-refractivity contribution in [2.24, 2.45) is 0 Å². The number of fused-ring (bicyclic) bond motifs is 10. The topological polar surface area (TPSA) is 9.86 Å². The summed E-state index contributed by atoms with van der Waals surface area (Å²) in [5, 5.41) is 7.76. The molecule has 3 heteroatoms. The zero-order chi connectivity index (χ0) is 29.5. The average molecular weight is 591 g/mol. The largest absolute Gasteiger partial charge is 0.309 e. The van der Waals surface area contributed by atoms with Gasteiger partial charge >= 0.3 is 0 Å². The first kappa shape index (κ1) is 24.8. The van der Waals surface area contributed by atoms with Crippen LogP contribution in [0.3, 0.4) is 0 Å². The summed E-state index contributed by atoms with van der Waals surface area (Å²) in [5.41, 5.74) is 9.69. The second kappa shape index (κ2) is 9.43. The van der Waals surface area contributed by atoms with E-state index in [4.69, 9.17) is 0 Å². The number of benzene rings is 7. The lowest BCUT2D eigenvalue weighted by Gasteiger charge is -2.16. The molecule has 0 amide bonds. The van der Waals surface area contributed by atoms with Crippen molar-refractivity contribution in [3.8, 4) is 22.5 Å². The van der Waals surface area contributed by atoms with Crippen LogP contribution in [0.4, 0.5) is 0 Å². The minimum atomic E-state index is 1.16. The molecule has 45 heavy (non-hydrogen) atoms. The first-order valence-electron chi connectivity index (χ1n) is 15.4. The number of rotatable bonds is 3. The number of para-hydroxylation sites is 4. The second-order valence-electron chi connectivity index (χ2n) is 11.7. The van der Waals surface area contributed by atoms with Crippen molar-refractivity contribution in [1.29, 1.82) is 0 Å². The molecule has 10 rings (SSSR count). The summed E-state index contributed by atoms with van der Waals surface area (Å²) in [6.45, 7) is 0. The van der Waals surface area contributed by atoms with Crippen molar-refractivity contribution in [3.63, 3.8) is 0 Å². The molecule has 0 bridgehead atoms. The Morgan fingerprint density at radius 2 is 1.00 bits per heavy atom. The monoisotopic (exact) mass is 590 g/mol. The zero-order valence-electron chi connectivity index (χ0n) is 24.3. The minimum Gasteiger partial charge on any atom is -0.309 e. The molecule has 0 aliphatic rings. The van der Waals surface area contributed by atoms with E-state index in [0.29, 0.717) is 0 Å². The van der Waals surface area contributed by atoms with Crippen molar-refractivity contribution in [2.75, 3.05) is 0 Å². The standard InChI is InChI=1S/C42H26N2S/c1-6-19-35(44-38-22-9-4-17-32(38)33-24-25-40-41(42(33)44)34-18-5-10-23-39(34)45-40)29(14-1)27-12-11-13-28(26-27)43-36-20-7-2-15-30(36)31-16-3-8-21-37(31)43/h1-26H. The smallest absolute Gasteiger partial charge is 0.0634 e. The molecular weight excluding hydrogens is 565 g/mol. The Hall–Kier alpha value is -5.64. The van der Waals surface area contributed by atoms with Crippen LogP contribution in [-0.4, -0.2) is 9.13 Å². The Balaban J connectivity index is 1.28. The summed E-state index contributed by atoms with van der Waals surface area (Å²) in [5.74, 6) is 0. The molecule has 10 aromatic rings. The van der Waals surface area contributed by atoms with Gasteiger partial charge in [0.25, 0.3) is 0 Å². The summed E-state index contributed by atoms with van der Waals surface area (Å²) in [7, 11) is 0. The molecule has 7 aromatic carbocycles. The van der Waals surface area contributed by atoms with E-state index in [0.717, 1.165) is 5.69 Å². The van der Waals surface area contributed by atoms with Gasteiger partial charge in [-0.1, -0.05) is 109 Å². The molecule has 3 heterocycles. The van der Waals surface area contributed by atoms with Gasteiger partial charge in [-0.15, -0.1) is 11.3 Å². The molecule has 0 saturated carbocycles. The van der Waals surface area contributed by atoms with Crippen LogP contribution in [0.1, 0.15) is 0 Å². The first-order chi connectivity index (χ1) is 22.3. The Bertz CT molecular complexity index is 2720. The van der Waals surface area contributed by atoms with E-state index in [9.17, 15) is 0 Å². The van der Waals surface area contributed by atoms with E-state index < -0.39 is 0 Å². The fourth-order valence-electron chi connectivity index (χ4n) is 7.44. The van der Waals surface area contributed by atoms with Crippen LogP contribution >= 0.6 is 11.3 Å². The van der Waals surface area contributed by atoms with Gasteiger partial charge in [-0.2, -0.15) is 0 Å². The van der Waals surface area contributed by atoms with Crippen molar-refractivity contribution >= 4 is 75.1 Å². The second-order valence-corrected chi connectivity index (χ2v) is 12.8. The third-order valence-electron chi connectivity index (χ3n) is 9.32. The van der Waals surface area contributed by atoms with Crippen molar-refractivity contribution < 1.29 is 0 Å². The molecule has 0 atom stereocenters. The van der Waals surface area contributed by atoms with Crippen molar-refractivity contribution in [2.45, 2.75) is 0 Å². The molecule has 0 N–H and O–H groups in total. The number of aromatic nitrogens is 2. The third-order valence-corrected chi connectivity index (χ3v) is 10.5. The quantitative estimate of drug-likeness (QED) is 0.194. The Morgan fingerprint density at radius 3 is 1.76 bits per heavy atom. The molecule has 0 spiro atoms. The molecule has 0 aliphatic heterocycles. The summed E-state index contributed by atoms with van der Waals surface area (Å²) < 4.78 is 7.55. The Kier molecular flexibility index (Phi) is 5.19. The zero-order valence-corrected chi connectivity index (χ0v) is 25.1. The Morgan fingerprint density at radius 1 is 0.400 bits per heavy atom. The van der Waals surface area contributed by atoms with E-state index >= 15 is 0 Å². The SMILES string of the molecule is c1cc(-c2ccccc2-n2c3ccccc3c3ccc4sc5ccccc5c4c32)cc(-n2c3ccccc3c3ccccc32)c1. The number of hydrogen-bond donors (Lipinski definition) is 0. The number of thiophene rings is 1. The van der Waals surface area contributed by atoms with Crippen LogP contribution in [0.25, 0.3) is 86.3 Å². The van der Waals surface area contributed by atoms with Crippen LogP contribution in [0.5, 0.6) is 0 Å². The van der Waals surface area contributed by atoms with Crippen LogP contribution in [0.2, 0.25) is 0 Å². The highest BCUT2D eigenvalue weighted by Gasteiger charge is 2.20. The minimum absolute atomic E-state index is 1.16. The lowest BCUT2D eigenvalue weighted by Crippen LogP contribution is -1.98. The fraction of sp³-hybridized carbons (Fsp3) is 0. The molecular formula is C42H26N2S. The normalized spacial score (nSPS) is 12.0. The van der Waals surface area contributed by atoms with E-state index in [1.807, 2.05) is 11.3 Å². The fourth-order valence-corrected chi connectivity index (χ4v) is 8.55. The van der Waals surface area contributed by atoms with Crippen LogP contribution in [0.15, 0.2) is 158 Å². The molecule has 2 nitrogen and oxygen atoms in total. The van der Waals surface area contributed by atoms with E-state index in [1.54, 1.807) is 0 Å². The maximum atomic E-state index is 2.51. The average Bonchev–Trinajstić information content (AvgIpc) is 3.76. The maximum absolute atomic E-state index is 2.51. The van der Waals surface area contributed by atoms with E-state index in [-0.39, 0.29) is 0 Å². The summed E-state index contributed by atoms with van der Waals surface area (Å²) >= 11 is 1.88. The molecule has 0 saturated heterocycles. The van der Waals surface area contributed by atoms with Crippen LogP contribution in [0, 0.1) is 0 Å². The maximum Gasteiger partial charge on any atom is 0.0634 e. The molecule has 0 aliphatic carbocycles. The molecule has 210 valence electrons. The molecule has 0 fully saturated rings. The highest BCUT2D eigenvalue weighted by Crippen LogP contribution is 2.44. The van der Waals surface area contributed by atoms with Gasteiger partial charge in [-0.25, -0.2) is 0 Å². The summed E-state index contributed by atoms with van der Waals surface area (Å²) in [4.78, 5) is 0. The lowest BCUT2D eigenvalue weighted by molar-refractivity contribution is 1.17. The van der Waals surface area contributed by atoms with Crippen LogP contribution < -0.4 is 0 Å². The first-order valence-corrected chi connectivity index (χ1v) is 16.2. The molecule has 3 aromatic heterocycles. The Labute approximate surface area is 263 Å². The van der Waals surface area contributed by atoms with Gasteiger partial charge in [0.15, 0.2) is 0 Å². The van der Waals surface area contributed by atoms with Crippen LogP contribution in [-0.2, 0) is 0 Å². The predicted molar refractivity (Wildman–Crippen MR) is 193 cm³/mol. The van der Waals surface area contributed by atoms with Gasteiger partial charge in [0.05, 0.1) is 27.8 Å². The summed E-state index contributed by atoms with van der Waals surface area (Å²) in [6.07, 6.45) is 0. The van der Waals surface area contributed by atoms with Gasteiger partial charge in [0.2, 0.25) is 0 Å². The third kappa shape index (κ3) is 3.50. The van der Waals surface area contributed by atoms with E-state index in [2.05, 4.69) is 167 Å². The van der Waals surface area contributed by atoms with Gasteiger partial charge in [-0.05, 0) is 54.1 Å². The molecule has 0 radical (unpaired) electrons. The summed E-state index contributed by atoms with van der Waals surface area (Å²) in [6, 6.07) is 57.6. The predicted octanol–water partition coefficient (Wildman–Crippen LogP) is 11.9. The highest BCUT2D eigenvalue weighted by atomic mass is 32.1. The van der Waals surface area contributed by atoms with Gasteiger partial charge in [0.1, 0.15) is 0 Å². The van der Waals surface area contributed by atoms with Gasteiger partial charge < -0.3 is 9.13 Å². The van der Waals surface area contributed by atoms with Crippen molar-refractivity contribution in [3.05, 3.63) is 158 Å².